The zero-order valence-corrected chi connectivity index (χ0v) is 36.4. The van der Waals surface area contributed by atoms with E-state index < -0.39 is 7.40 Å². The number of carbonyl (C=O) groups excluding carboxylic acids is 3. The Kier molecular flexibility index (Phi) is 14.7. The van der Waals surface area contributed by atoms with E-state index in [1.807, 2.05) is 66.2 Å². The first kappa shape index (κ1) is 44.5. The van der Waals surface area contributed by atoms with Gasteiger partial charge in [0.25, 0.3) is 5.91 Å². The lowest BCUT2D eigenvalue weighted by molar-refractivity contribution is -0.122. The second-order valence-electron chi connectivity index (χ2n) is 16.8. The molecule has 15 heteroatoms. The van der Waals surface area contributed by atoms with Crippen LogP contribution in [0.1, 0.15) is 109 Å². The van der Waals surface area contributed by atoms with Crippen molar-refractivity contribution in [1.29, 1.82) is 0 Å². The zero-order valence-electron chi connectivity index (χ0n) is 36.4. The average Bonchev–Trinajstić information content (AvgIpc) is 3.94. The number of nitrogens with zero attached hydrogens (tertiary/aromatic N) is 5. The van der Waals surface area contributed by atoms with Gasteiger partial charge < -0.3 is 30.1 Å². The van der Waals surface area contributed by atoms with Crippen LogP contribution in [-0.4, -0.2) is 95.4 Å². The summed E-state index contributed by atoms with van der Waals surface area (Å²) in [5.41, 5.74) is 5.80. The fourth-order valence-corrected chi connectivity index (χ4v) is 9.39. The van der Waals surface area contributed by atoms with Crippen LogP contribution in [0.4, 0.5) is 8.63 Å². The summed E-state index contributed by atoms with van der Waals surface area (Å²) in [6, 6.07) is 16.5. The van der Waals surface area contributed by atoms with Crippen LogP contribution in [-0.2, 0) is 22.6 Å². The predicted octanol–water partition coefficient (Wildman–Crippen LogP) is 7.20. The molecule has 4 aromatic rings. The minimum Gasteiger partial charge on any atom is -0.497 e. The van der Waals surface area contributed by atoms with Crippen molar-refractivity contribution >= 4 is 47.8 Å². The van der Waals surface area contributed by atoms with Gasteiger partial charge in [0, 0.05) is 72.9 Å². The summed E-state index contributed by atoms with van der Waals surface area (Å²) in [5.74, 6) is 0.451. The molecule has 2 saturated heterocycles. The Morgan fingerprint density at radius 1 is 0.903 bits per heavy atom. The number of hydrogen-bond donors (Lipinski definition) is 3. The van der Waals surface area contributed by atoms with E-state index in [4.69, 9.17) is 9.84 Å². The first-order chi connectivity index (χ1) is 30.0. The number of rotatable bonds is 19. The molecule has 2 bridgehead atoms. The molecule has 62 heavy (non-hydrogen) atoms. The number of piperidine rings is 2. The van der Waals surface area contributed by atoms with Gasteiger partial charge in [-0.1, -0.05) is 31.0 Å². The van der Waals surface area contributed by atoms with Gasteiger partial charge in [0.15, 0.2) is 5.69 Å². The number of carbonyl (C=O) groups is 3. The maximum atomic E-state index is 14.3. The molecule has 3 aliphatic rings. The van der Waals surface area contributed by atoms with E-state index in [1.165, 1.54) is 19.3 Å². The molecule has 0 unspecified atom stereocenters. The number of para-hydroxylation sites is 1. The molecule has 0 aliphatic carbocycles. The van der Waals surface area contributed by atoms with E-state index in [9.17, 15) is 23.0 Å². The number of methoxy groups -OCH3 is 1. The molecule has 3 aliphatic heterocycles. The number of halogens is 2. The highest BCUT2D eigenvalue weighted by Crippen LogP contribution is 2.33. The Hall–Kier alpha value is -5.57. The number of aryl methyl sites for hydroxylation is 1. The summed E-state index contributed by atoms with van der Waals surface area (Å²) >= 11 is 0. The van der Waals surface area contributed by atoms with Crippen molar-refractivity contribution in [2.75, 3.05) is 27.2 Å². The van der Waals surface area contributed by atoms with Gasteiger partial charge in [-0.05, 0) is 132 Å². The largest absolute Gasteiger partial charge is 0.677 e. The van der Waals surface area contributed by atoms with E-state index >= 15 is 0 Å². The van der Waals surface area contributed by atoms with E-state index in [-0.39, 0.29) is 30.2 Å². The monoisotopic (exact) mass is 848 g/mol. The Bertz CT molecular complexity index is 2320. The second-order valence-corrected chi connectivity index (χ2v) is 16.8. The molecule has 2 fully saturated rings. The molecular weight excluding hydrogens is 789 g/mol. The molecule has 0 spiro atoms. The van der Waals surface area contributed by atoms with Crippen molar-refractivity contribution in [1.82, 2.24) is 35.1 Å². The number of amides is 3. The van der Waals surface area contributed by atoms with E-state index in [0.717, 1.165) is 63.7 Å². The van der Waals surface area contributed by atoms with Crippen molar-refractivity contribution in [2.45, 2.75) is 116 Å². The van der Waals surface area contributed by atoms with Crippen molar-refractivity contribution < 1.29 is 27.8 Å². The van der Waals surface area contributed by atoms with Gasteiger partial charge in [-0.15, -0.1) is 0 Å². The molecule has 5 heterocycles. The van der Waals surface area contributed by atoms with E-state index in [2.05, 4.69) is 32.9 Å². The summed E-state index contributed by atoms with van der Waals surface area (Å²) in [5, 5.41) is 14.8. The molecule has 3 N–H and O–H groups in total. The predicted molar refractivity (Wildman–Crippen MR) is 241 cm³/mol. The fraction of sp³-hybridized carbons (Fsp3) is 0.468. The Morgan fingerprint density at radius 2 is 1.61 bits per heavy atom. The number of nitrogens with one attached hydrogen (secondary N) is 3. The number of unbranched alkanes of at least 4 members (excludes halogenated alkanes) is 2. The highest BCUT2D eigenvalue weighted by Gasteiger charge is 2.37. The summed E-state index contributed by atoms with van der Waals surface area (Å²) < 4.78 is 36.8. The topological polar surface area (TPSA) is 135 Å². The molecule has 2 aromatic carbocycles. The number of aliphatic imine (C=N–C) groups is 1. The fourth-order valence-electron chi connectivity index (χ4n) is 9.39. The van der Waals surface area contributed by atoms with Crippen LogP contribution < -0.4 is 20.7 Å². The van der Waals surface area contributed by atoms with Gasteiger partial charge in [-0.3, -0.25) is 27.7 Å². The van der Waals surface area contributed by atoms with Gasteiger partial charge in [0.2, 0.25) is 11.8 Å². The van der Waals surface area contributed by atoms with Crippen LogP contribution in [0.25, 0.3) is 17.0 Å². The third-order valence-electron chi connectivity index (χ3n) is 12.8. The second kappa shape index (κ2) is 20.5. The molecule has 0 saturated carbocycles. The van der Waals surface area contributed by atoms with E-state index in [1.54, 1.807) is 26.2 Å². The van der Waals surface area contributed by atoms with E-state index in [0.29, 0.717) is 85.7 Å². The molecule has 2 atom stereocenters. The van der Waals surface area contributed by atoms with Gasteiger partial charge in [0.05, 0.1) is 24.0 Å². The van der Waals surface area contributed by atoms with Crippen LogP contribution >= 0.6 is 0 Å². The molecule has 328 valence electrons. The lowest BCUT2D eigenvalue weighted by atomic mass is 9.82. The van der Waals surface area contributed by atoms with Crippen LogP contribution in [0.5, 0.6) is 5.75 Å². The highest BCUT2D eigenvalue weighted by molar-refractivity contribution is 6.41. The SMILES string of the molecule is COc1ccc(C2=N/C(=C\c3c(C)c(CCC(=O)NCCCCCC(=O)NCCCn4nc(C(=O)NC5C[C@@H]6CCC[C@@H](C5)N6C)c5ccccc54)c(C)n3B(F)F)C=C2)cc1. The van der Waals surface area contributed by atoms with Gasteiger partial charge >= 0.3 is 7.40 Å². The smallest absolute Gasteiger partial charge is 0.497 e. The first-order valence-electron chi connectivity index (χ1n) is 22.1. The van der Waals surface area contributed by atoms with Crippen LogP contribution in [0, 0.1) is 13.8 Å². The Morgan fingerprint density at radius 3 is 2.34 bits per heavy atom. The summed E-state index contributed by atoms with van der Waals surface area (Å²) in [6.45, 7) is 5.03. The summed E-state index contributed by atoms with van der Waals surface area (Å²) in [7, 11) is 1.07. The van der Waals surface area contributed by atoms with Crippen LogP contribution in [0.2, 0.25) is 0 Å². The Balaban J connectivity index is 0.798. The average molecular weight is 849 g/mol. The number of ether oxygens (including phenoxy) is 1. The molecule has 2 aromatic heterocycles. The van der Waals surface area contributed by atoms with Crippen LogP contribution in [0.3, 0.4) is 0 Å². The number of benzene rings is 2. The number of aromatic nitrogens is 3. The third kappa shape index (κ3) is 10.5. The minimum absolute atomic E-state index is 0.0211. The number of allylic oxidation sites excluding steroid dienone is 2. The lowest BCUT2D eigenvalue weighted by Crippen LogP contribution is -2.55. The molecule has 3 amide bonds. The molecule has 7 rings (SSSR count). The lowest BCUT2D eigenvalue weighted by Gasteiger charge is -2.47. The minimum atomic E-state index is -2.74. The maximum Gasteiger partial charge on any atom is 0.677 e. The van der Waals surface area contributed by atoms with Gasteiger partial charge in [0.1, 0.15) is 5.75 Å². The number of hydrogen-bond acceptors (Lipinski definition) is 7. The molecule has 12 nitrogen and oxygen atoms in total. The zero-order chi connectivity index (χ0) is 43.8. The molecule has 0 radical (unpaired) electrons. The first-order valence-corrected chi connectivity index (χ1v) is 22.1. The summed E-state index contributed by atoms with van der Waals surface area (Å²) in [6.07, 6.45) is 14.7. The molecular formula is C47H59BF2N8O4. The van der Waals surface area contributed by atoms with Crippen molar-refractivity contribution in [3.05, 3.63) is 100 Å². The summed E-state index contributed by atoms with van der Waals surface area (Å²) in [4.78, 5) is 46.0. The van der Waals surface area contributed by atoms with Crippen LogP contribution in [0.15, 0.2) is 71.4 Å². The maximum absolute atomic E-state index is 14.3. The van der Waals surface area contributed by atoms with Crippen molar-refractivity contribution in [2.24, 2.45) is 4.99 Å². The highest BCUT2D eigenvalue weighted by atomic mass is 19.2. The van der Waals surface area contributed by atoms with Crippen molar-refractivity contribution in [3.8, 4) is 5.75 Å². The van der Waals surface area contributed by atoms with Crippen molar-refractivity contribution in [3.63, 3.8) is 0 Å². The van der Waals surface area contributed by atoms with Gasteiger partial charge in [-0.25, -0.2) is 4.99 Å². The normalized spacial score (nSPS) is 19.2. The Labute approximate surface area is 363 Å². The number of fused-ring (bicyclic) bond motifs is 3. The standard InChI is InChI=1S/C47H59BF2N8O4/c1-31-39(32(2)58(48(49)50)43(31)30-34-19-23-41(53-34)33-17-20-38(62-4)21-18-33)22-24-45(60)51-25-9-5-6-16-44(59)52-26-11-27-57-42-15-8-7-14-40(42)46(55-57)47(61)54-35-28-36-12-10-13-37(29-35)56(36)3/h7-8,14-15,17-21,23,30,35-37H,5-6,9-13,16,22,24-29H2,1-4H3,(H,51,60)(H,52,59)(H,54,61)/b34-30-/t36-,37-/m0/s1. The third-order valence-corrected chi connectivity index (χ3v) is 12.8. The quantitative estimate of drug-likeness (QED) is 0.0676. The van der Waals surface area contributed by atoms with Gasteiger partial charge in [-0.2, -0.15) is 5.10 Å².